The van der Waals surface area contributed by atoms with Crippen molar-refractivity contribution in [3.63, 3.8) is 0 Å². The van der Waals surface area contributed by atoms with Crippen molar-refractivity contribution in [3.05, 3.63) is 52.5 Å². The number of hydrogen-bond donors (Lipinski definition) is 2. The molecule has 0 radical (unpaired) electrons. The molecule has 0 aliphatic rings. The van der Waals surface area contributed by atoms with Crippen molar-refractivity contribution in [2.24, 2.45) is 0 Å². The van der Waals surface area contributed by atoms with Gasteiger partial charge >= 0.3 is 0 Å². The lowest BCUT2D eigenvalue weighted by molar-refractivity contribution is 0.282. The van der Waals surface area contributed by atoms with Gasteiger partial charge in [0.1, 0.15) is 11.0 Å². The number of rotatable bonds is 4. The summed E-state index contributed by atoms with van der Waals surface area (Å²) >= 11 is 7.39. The second-order valence-electron chi connectivity index (χ2n) is 4.38. The summed E-state index contributed by atoms with van der Waals surface area (Å²) in [6, 6.07) is 11.5. The van der Waals surface area contributed by atoms with Gasteiger partial charge in [-0.25, -0.2) is 0 Å². The fraction of sp³-hybridized carbons (Fsp3) is 0.143. The number of hydrogen-bond acceptors (Lipinski definition) is 5. The number of nitrogens with one attached hydrogen (secondary N) is 1. The molecular weight excluding hydrogens is 294 g/mol. The van der Waals surface area contributed by atoms with E-state index < -0.39 is 0 Å². The molecule has 0 aliphatic heterocycles. The first-order valence-electron chi connectivity index (χ1n) is 6.11. The molecule has 0 spiro atoms. The Morgan fingerprint density at radius 1 is 1.05 bits per heavy atom. The van der Waals surface area contributed by atoms with Crippen molar-refractivity contribution in [3.8, 4) is 0 Å². The average Bonchev–Trinajstić information content (AvgIpc) is 2.95. The molecule has 20 heavy (non-hydrogen) atoms. The lowest BCUT2D eigenvalue weighted by atomic mass is 10.1. The number of fused-ring (bicyclic) bond motifs is 1. The van der Waals surface area contributed by atoms with E-state index in [0.717, 1.165) is 27.8 Å². The van der Waals surface area contributed by atoms with Gasteiger partial charge in [0, 0.05) is 6.54 Å². The molecule has 1 aromatic heterocycles. The van der Waals surface area contributed by atoms with Crippen LogP contribution in [0.5, 0.6) is 0 Å². The van der Waals surface area contributed by atoms with Crippen LogP contribution in [0.25, 0.3) is 11.0 Å². The van der Waals surface area contributed by atoms with Gasteiger partial charge in [0.05, 0.1) is 29.0 Å². The van der Waals surface area contributed by atoms with E-state index >= 15 is 0 Å². The van der Waals surface area contributed by atoms with E-state index in [1.807, 2.05) is 36.4 Å². The molecule has 0 aliphatic carbocycles. The smallest absolute Gasteiger partial charge is 0.129 e. The number of aliphatic hydroxyl groups excluding tert-OH is 1. The summed E-state index contributed by atoms with van der Waals surface area (Å²) in [5.74, 6) is 0. The predicted octanol–water partition coefficient (Wildman–Crippen LogP) is 3.45. The normalized spacial score (nSPS) is 10.9. The van der Waals surface area contributed by atoms with Crippen LogP contribution in [0.2, 0.25) is 5.02 Å². The summed E-state index contributed by atoms with van der Waals surface area (Å²) < 4.78 is 8.47. The minimum atomic E-state index is 0.0589. The third-order valence-corrected chi connectivity index (χ3v) is 3.91. The minimum absolute atomic E-state index is 0.0589. The number of benzene rings is 2. The van der Waals surface area contributed by atoms with Gasteiger partial charge in [0.15, 0.2) is 0 Å². The van der Waals surface area contributed by atoms with Crippen LogP contribution in [0.1, 0.15) is 11.1 Å². The molecule has 2 N–H and O–H groups in total. The molecule has 0 fully saturated rings. The highest BCUT2D eigenvalue weighted by atomic mass is 35.5. The van der Waals surface area contributed by atoms with Crippen LogP contribution in [0.4, 0.5) is 5.69 Å². The molecule has 2 aromatic carbocycles. The van der Waals surface area contributed by atoms with Gasteiger partial charge in [-0.1, -0.05) is 35.9 Å². The van der Waals surface area contributed by atoms with Crippen molar-refractivity contribution in [2.75, 3.05) is 5.32 Å². The third-order valence-electron chi connectivity index (χ3n) is 3.05. The van der Waals surface area contributed by atoms with Crippen LogP contribution in [-0.2, 0) is 13.2 Å². The first-order valence-corrected chi connectivity index (χ1v) is 7.22. The Hall–Kier alpha value is -1.69. The zero-order valence-electron chi connectivity index (χ0n) is 10.5. The van der Waals surface area contributed by atoms with Gasteiger partial charge in [-0.3, -0.25) is 0 Å². The van der Waals surface area contributed by atoms with E-state index in [1.165, 1.54) is 11.7 Å². The molecule has 0 amide bonds. The van der Waals surface area contributed by atoms with E-state index in [0.29, 0.717) is 11.6 Å². The van der Waals surface area contributed by atoms with Crippen molar-refractivity contribution < 1.29 is 5.11 Å². The standard InChI is InChI=1S/C14H12ClN3OS/c15-11-5-6-12-14(18-20-17-12)13(11)16-7-9-1-3-10(8-19)4-2-9/h1-6,16,19H,7-8H2. The van der Waals surface area contributed by atoms with Crippen molar-refractivity contribution >= 4 is 40.0 Å². The van der Waals surface area contributed by atoms with Gasteiger partial charge in [0.2, 0.25) is 0 Å². The fourth-order valence-corrected chi connectivity index (χ4v) is 2.71. The van der Waals surface area contributed by atoms with E-state index in [4.69, 9.17) is 16.7 Å². The van der Waals surface area contributed by atoms with Crippen molar-refractivity contribution in [1.82, 2.24) is 8.75 Å². The second-order valence-corrected chi connectivity index (χ2v) is 5.32. The van der Waals surface area contributed by atoms with Crippen LogP contribution in [0.15, 0.2) is 36.4 Å². The lowest BCUT2D eigenvalue weighted by Gasteiger charge is -2.09. The summed E-state index contributed by atoms with van der Waals surface area (Å²) in [6.07, 6.45) is 0. The topological polar surface area (TPSA) is 58.0 Å². The molecule has 3 aromatic rings. The summed E-state index contributed by atoms with van der Waals surface area (Å²) in [6.45, 7) is 0.700. The van der Waals surface area contributed by atoms with Gasteiger partial charge in [0.25, 0.3) is 0 Å². The van der Waals surface area contributed by atoms with Crippen molar-refractivity contribution in [1.29, 1.82) is 0 Å². The fourth-order valence-electron chi connectivity index (χ4n) is 1.95. The van der Waals surface area contributed by atoms with Gasteiger partial charge in [-0.15, -0.1) is 0 Å². The van der Waals surface area contributed by atoms with Gasteiger partial charge < -0.3 is 10.4 Å². The summed E-state index contributed by atoms with van der Waals surface area (Å²) in [5.41, 5.74) is 4.47. The lowest BCUT2D eigenvalue weighted by Crippen LogP contribution is -2.01. The quantitative estimate of drug-likeness (QED) is 0.775. The Kier molecular flexibility index (Phi) is 3.82. The number of aliphatic hydroxyl groups is 1. The van der Waals surface area contributed by atoms with E-state index in [9.17, 15) is 0 Å². The number of aromatic nitrogens is 2. The van der Waals surface area contributed by atoms with Crippen LogP contribution in [0, 0.1) is 0 Å². The highest BCUT2D eigenvalue weighted by Gasteiger charge is 2.09. The van der Waals surface area contributed by atoms with E-state index in [2.05, 4.69) is 14.1 Å². The zero-order valence-corrected chi connectivity index (χ0v) is 12.1. The highest BCUT2D eigenvalue weighted by Crippen LogP contribution is 2.30. The maximum atomic E-state index is 9.02. The largest absolute Gasteiger partial charge is 0.392 e. The molecule has 1 heterocycles. The molecular formula is C14H12ClN3OS. The third kappa shape index (κ3) is 2.60. The molecule has 0 saturated heterocycles. The Morgan fingerprint density at radius 3 is 2.55 bits per heavy atom. The first-order chi connectivity index (χ1) is 9.78. The summed E-state index contributed by atoms with van der Waals surface area (Å²) in [7, 11) is 0. The molecule has 0 atom stereocenters. The SMILES string of the molecule is OCc1ccc(CNc2c(Cl)ccc3nsnc23)cc1. The monoisotopic (exact) mass is 305 g/mol. The molecule has 0 unspecified atom stereocenters. The van der Waals surface area contributed by atoms with Crippen molar-refractivity contribution in [2.45, 2.75) is 13.2 Å². The molecule has 6 heteroatoms. The Balaban J connectivity index is 1.82. The number of halogens is 1. The molecule has 3 rings (SSSR count). The molecule has 4 nitrogen and oxygen atoms in total. The van der Waals surface area contributed by atoms with E-state index in [-0.39, 0.29) is 6.61 Å². The summed E-state index contributed by atoms with van der Waals surface area (Å²) in [5, 5.41) is 13.0. The van der Waals surface area contributed by atoms with E-state index in [1.54, 1.807) is 0 Å². The van der Waals surface area contributed by atoms with Gasteiger partial charge in [-0.05, 0) is 23.3 Å². The predicted molar refractivity (Wildman–Crippen MR) is 82.1 cm³/mol. The van der Waals surface area contributed by atoms with Gasteiger partial charge in [-0.2, -0.15) is 8.75 Å². The molecule has 0 saturated carbocycles. The second kappa shape index (κ2) is 5.75. The van der Waals surface area contributed by atoms with Crippen LogP contribution in [0.3, 0.4) is 0 Å². The maximum Gasteiger partial charge on any atom is 0.129 e. The maximum absolute atomic E-state index is 9.02. The Bertz CT molecular complexity index is 727. The highest BCUT2D eigenvalue weighted by molar-refractivity contribution is 7.00. The first kappa shape index (κ1) is 13.3. The minimum Gasteiger partial charge on any atom is -0.392 e. The molecule has 0 bridgehead atoms. The Morgan fingerprint density at radius 2 is 1.80 bits per heavy atom. The van der Waals surface area contributed by atoms with Crippen LogP contribution >= 0.6 is 23.3 Å². The zero-order chi connectivity index (χ0) is 13.9. The van der Waals surface area contributed by atoms with Crippen LogP contribution < -0.4 is 5.32 Å². The number of anilines is 1. The Labute approximate surface area is 125 Å². The molecule has 102 valence electrons. The summed E-state index contributed by atoms with van der Waals surface area (Å²) in [4.78, 5) is 0. The number of nitrogens with zero attached hydrogens (tertiary/aromatic N) is 2. The average molecular weight is 306 g/mol. The van der Waals surface area contributed by atoms with Crippen LogP contribution in [-0.4, -0.2) is 13.9 Å².